The summed E-state index contributed by atoms with van der Waals surface area (Å²) >= 11 is 0. The predicted molar refractivity (Wildman–Crippen MR) is 117 cm³/mol. The number of carbonyl (C=O) groups excluding carboxylic acids is 2. The van der Waals surface area contributed by atoms with Gasteiger partial charge in [0, 0.05) is 31.4 Å². The number of rotatable bonds is 3. The highest BCUT2D eigenvalue weighted by Gasteiger charge is 2.41. The van der Waals surface area contributed by atoms with Gasteiger partial charge in [0.15, 0.2) is 5.65 Å². The molecule has 0 radical (unpaired) electrons. The monoisotopic (exact) mass is 405 g/mol. The summed E-state index contributed by atoms with van der Waals surface area (Å²) in [5.74, 6) is 0.392. The molecule has 0 saturated carbocycles. The molecule has 1 aromatic carbocycles. The van der Waals surface area contributed by atoms with E-state index in [1.54, 1.807) is 4.90 Å². The number of benzene rings is 1. The van der Waals surface area contributed by atoms with Gasteiger partial charge in [0.2, 0.25) is 11.8 Å². The minimum absolute atomic E-state index is 0.00217. The number of nitrogens with zero attached hydrogens (tertiary/aromatic N) is 4. The Bertz CT molecular complexity index is 1170. The molecular formula is C23H27N5O2. The molecule has 0 aliphatic carbocycles. The van der Waals surface area contributed by atoms with Gasteiger partial charge >= 0.3 is 0 Å². The molecule has 1 atom stereocenters. The number of hydrogen-bond acceptors (Lipinski definition) is 4. The summed E-state index contributed by atoms with van der Waals surface area (Å²) in [4.78, 5) is 35.5. The van der Waals surface area contributed by atoms with Crippen LogP contribution in [0, 0.1) is 26.2 Å². The fourth-order valence-electron chi connectivity index (χ4n) is 4.25. The van der Waals surface area contributed by atoms with Crippen molar-refractivity contribution in [2.24, 2.45) is 5.41 Å². The van der Waals surface area contributed by atoms with E-state index >= 15 is 0 Å². The molecule has 2 aromatic heterocycles. The molecule has 7 heteroatoms. The maximum atomic E-state index is 13.1. The number of hydrogen-bond donors (Lipinski definition) is 1. The van der Waals surface area contributed by atoms with Gasteiger partial charge in [0.05, 0.1) is 10.8 Å². The zero-order valence-electron chi connectivity index (χ0n) is 18.1. The molecule has 1 N–H and O–H groups in total. The van der Waals surface area contributed by atoms with E-state index in [0.29, 0.717) is 25.3 Å². The fraction of sp³-hybridized carbons (Fsp3) is 0.391. The van der Waals surface area contributed by atoms with E-state index < -0.39 is 5.41 Å². The van der Waals surface area contributed by atoms with Gasteiger partial charge in [-0.1, -0.05) is 12.1 Å². The number of amides is 2. The van der Waals surface area contributed by atoms with Crippen LogP contribution in [0.5, 0.6) is 0 Å². The van der Waals surface area contributed by atoms with Crippen molar-refractivity contribution < 1.29 is 9.59 Å². The van der Waals surface area contributed by atoms with Gasteiger partial charge in [-0.15, -0.1) is 0 Å². The average Bonchev–Trinajstić information content (AvgIpc) is 3.22. The van der Waals surface area contributed by atoms with Crippen molar-refractivity contribution in [3.05, 3.63) is 47.4 Å². The van der Waals surface area contributed by atoms with Crippen LogP contribution < -0.4 is 5.32 Å². The lowest BCUT2D eigenvalue weighted by atomic mass is 9.88. The maximum absolute atomic E-state index is 13.1. The van der Waals surface area contributed by atoms with Gasteiger partial charge in [-0.2, -0.15) is 0 Å². The fourth-order valence-corrected chi connectivity index (χ4v) is 4.25. The largest absolute Gasteiger partial charge is 0.342 e. The van der Waals surface area contributed by atoms with E-state index in [2.05, 4.69) is 45.0 Å². The minimum Gasteiger partial charge on any atom is -0.342 e. The molecule has 0 bridgehead atoms. The van der Waals surface area contributed by atoms with Crippen molar-refractivity contribution in [3.63, 3.8) is 0 Å². The second kappa shape index (κ2) is 7.23. The lowest BCUT2D eigenvalue weighted by molar-refractivity contribution is -0.129. The molecule has 4 rings (SSSR count). The second-order valence-corrected chi connectivity index (χ2v) is 8.51. The molecule has 7 nitrogen and oxygen atoms in total. The molecule has 0 spiro atoms. The van der Waals surface area contributed by atoms with Crippen molar-refractivity contribution in [3.8, 4) is 5.69 Å². The molecule has 1 aliphatic rings. The Kier molecular flexibility index (Phi) is 4.84. The number of anilines is 1. The third-order valence-corrected chi connectivity index (χ3v) is 6.25. The first kappa shape index (κ1) is 20.1. The summed E-state index contributed by atoms with van der Waals surface area (Å²) in [6.45, 7) is 10.6. The summed E-state index contributed by atoms with van der Waals surface area (Å²) in [6.07, 6.45) is 2.12. The van der Waals surface area contributed by atoms with Crippen molar-refractivity contribution in [2.45, 2.75) is 41.0 Å². The van der Waals surface area contributed by atoms with Crippen LogP contribution in [0.25, 0.3) is 16.7 Å². The number of carbonyl (C=O) groups is 2. The van der Waals surface area contributed by atoms with Gasteiger partial charge in [-0.3, -0.25) is 14.2 Å². The summed E-state index contributed by atoms with van der Waals surface area (Å²) in [5, 5.41) is 3.87. The van der Waals surface area contributed by atoms with Crippen LogP contribution in [0.3, 0.4) is 0 Å². The molecule has 1 unspecified atom stereocenters. The van der Waals surface area contributed by atoms with E-state index in [4.69, 9.17) is 0 Å². The molecule has 156 valence electrons. The van der Waals surface area contributed by atoms with Crippen LogP contribution in [0.15, 0.2) is 30.6 Å². The van der Waals surface area contributed by atoms with E-state index in [1.807, 2.05) is 26.8 Å². The van der Waals surface area contributed by atoms with Gasteiger partial charge in [0.25, 0.3) is 0 Å². The molecule has 1 fully saturated rings. The molecule has 3 heterocycles. The minimum atomic E-state index is -0.634. The molecule has 30 heavy (non-hydrogen) atoms. The Hall–Kier alpha value is -3.22. The topological polar surface area (TPSA) is 80.1 Å². The van der Waals surface area contributed by atoms with Crippen molar-refractivity contribution in [1.82, 2.24) is 19.4 Å². The van der Waals surface area contributed by atoms with Crippen LogP contribution in [0.4, 0.5) is 5.82 Å². The van der Waals surface area contributed by atoms with E-state index in [-0.39, 0.29) is 11.8 Å². The third-order valence-electron chi connectivity index (χ3n) is 6.25. The highest BCUT2D eigenvalue weighted by atomic mass is 16.2. The zero-order chi connectivity index (χ0) is 21.6. The predicted octanol–water partition coefficient (Wildman–Crippen LogP) is 3.54. The summed E-state index contributed by atoms with van der Waals surface area (Å²) in [6, 6.07) is 8.25. The number of likely N-dealkylation sites (tertiary alicyclic amines) is 1. The Morgan fingerprint density at radius 1 is 1.17 bits per heavy atom. The molecule has 1 saturated heterocycles. The standard InChI is InChI=1S/C23H27N5O2/c1-14-7-6-8-18(11-14)28-16(3)15(2)19-20(24-13-25-21(19)28)26-22(30)23(5)9-10-27(12-23)17(4)29/h6-8,11,13H,9-10,12H2,1-5H3,(H,24,25,26,30). The SMILES string of the molecule is CC(=O)N1CCC(C)(C(=O)Nc2ncnc3c2c(C)c(C)n3-c2cccc(C)c2)C1. The summed E-state index contributed by atoms with van der Waals surface area (Å²) in [7, 11) is 0. The van der Waals surface area contributed by atoms with Crippen LogP contribution >= 0.6 is 0 Å². The Morgan fingerprint density at radius 3 is 2.60 bits per heavy atom. The highest BCUT2D eigenvalue weighted by Crippen LogP contribution is 2.34. The normalized spacial score (nSPS) is 18.8. The van der Waals surface area contributed by atoms with Gasteiger partial charge in [-0.25, -0.2) is 9.97 Å². The zero-order valence-corrected chi connectivity index (χ0v) is 18.1. The number of aryl methyl sites for hydroxylation is 2. The number of aromatic nitrogens is 3. The third kappa shape index (κ3) is 3.24. The Labute approximate surface area is 176 Å². The lowest BCUT2D eigenvalue weighted by Crippen LogP contribution is -2.37. The van der Waals surface area contributed by atoms with Gasteiger partial charge < -0.3 is 10.2 Å². The van der Waals surface area contributed by atoms with Crippen LogP contribution in [-0.2, 0) is 9.59 Å². The number of nitrogens with one attached hydrogen (secondary N) is 1. The number of fused-ring (bicyclic) bond motifs is 1. The van der Waals surface area contributed by atoms with Crippen molar-refractivity contribution in [2.75, 3.05) is 18.4 Å². The van der Waals surface area contributed by atoms with Gasteiger partial charge in [-0.05, 0) is 57.4 Å². The molecule has 1 aliphatic heterocycles. The molecule has 2 amide bonds. The first-order chi connectivity index (χ1) is 14.2. The van der Waals surface area contributed by atoms with Crippen molar-refractivity contribution in [1.29, 1.82) is 0 Å². The van der Waals surface area contributed by atoms with Crippen LogP contribution in [-0.4, -0.2) is 44.3 Å². The van der Waals surface area contributed by atoms with Crippen LogP contribution in [0.1, 0.15) is 37.1 Å². The molecule has 3 aromatic rings. The van der Waals surface area contributed by atoms with Gasteiger partial charge in [0.1, 0.15) is 12.1 Å². The average molecular weight is 406 g/mol. The second-order valence-electron chi connectivity index (χ2n) is 8.51. The Morgan fingerprint density at radius 2 is 1.93 bits per heavy atom. The van der Waals surface area contributed by atoms with E-state index in [0.717, 1.165) is 33.5 Å². The first-order valence-electron chi connectivity index (χ1n) is 10.2. The molecular weight excluding hydrogens is 378 g/mol. The lowest BCUT2D eigenvalue weighted by Gasteiger charge is -2.23. The quantitative estimate of drug-likeness (QED) is 0.723. The smallest absolute Gasteiger partial charge is 0.233 e. The Balaban J connectivity index is 1.74. The van der Waals surface area contributed by atoms with E-state index in [1.165, 1.54) is 13.3 Å². The van der Waals surface area contributed by atoms with Crippen LogP contribution in [0.2, 0.25) is 0 Å². The maximum Gasteiger partial charge on any atom is 0.233 e. The highest BCUT2D eigenvalue weighted by molar-refractivity contribution is 6.03. The summed E-state index contributed by atoms with van der Waals surface area (Å²) in [5.41, 5.74) is 4.42. The van der Waals surface area contributed by atoms with Crippen molar-refractivity contribution >= 4 is 28.7 Å². The summed E-state index contributed by atoms with van der Waals surface area (Å²) < 4.78 is 2.10. The van der Waals surface area contributed by atoms with E-state index in [9.17, 15) is 9.59 Å². The first-order valence-corrected chi connectivity index (χ1v) is 10.2.